The lowest BCUT2D eigenvalue weighted by atomic mass is 10.1. The van der Waals surface area contributed by atoms with Crippen molar-refractivity contribution in [2.45, 2.75) is 19.6 Å². The molecular formula is C19H16F3N5O4. The van der Waals surface area contributed by atoms with Gasteiger partial charge in [0.05, 0.1) is 5.39 Å². The molecule has 31 heavy (non-hydrogen) atoms. The molecule has 1 aromatic carbocycles. The summed E-state index contributed by atoms with van der Waals surface area (Å²) in [5.41, 5.74) is 3.42. The number of carbonyl (C=O) groups excluding carboxylic acids is 2. The third-order valence-corrected chi connectivity index (χ3v) is 4.06. The SMILES string of the molecule is CCn1nc(C(=O)NNC(=O)c2cccnc2OCC(F)(F)F)c2ccccc2c1=O. The summed E-state index contributed by atoms with van der Waals surface area (Å²) >= 11 is 0. The molecule has 0 fully saturated rings. The summed E-state index contributed by atoms with van der Waals surface area (Å²) < 4.78 is 42.8. The molecule has 0 saturated heterocycles. The van der Waals surface area contributed by atoms with Crippen LogP contribution < -0.4 is 21.1 Å². The summed E-state index contributed by atoms with van der Waals surface area (Å²) in [5, 5.41) is 4.57. The number of amides is 2. The second-order valence-corrected chi connectivity index (χ2v) is 6.18. The van der Waals surface area contributed by atoms with E-state index in [2.05, 4.69) is 25.7 Å². The number of hydrogen-bond acceptors (Lipinski definition) is 6. The minimum atomic E-state index is -4.62. The molecule has 3 aromatic rings. The maximum Gasteiger partial charge on any atom is 0.422 e. The standard InChI is InChI=1S/C19H16F3N5O4/c1-2-27-18(30)12-7-4-3-6-11(12)14(26-27)16(29)25-24-15(28)13-8-5-9-23-17(13)31-10-19(20,21)22/h3-9H,2,10H2,1H3,(H,24,28)(H,25,29). The van der Waals surface area contributed by atoms with Gasteiger partial charge in [-0.1, -0.05) is 18.2 Å². The van der Waals surface area contributed by atoms with Crippen molar-refractivity contribution in [3.05, 3.63) is 64.2 Å². The van der Waals surface area contributed by atoms with Gasteiger partial charge in [-0.2, -0.15) is 18.3 Å². The van der Waals surface area contributed by atoms with E-state index >= 15 is 0 Å². The van der Waals surface area contributed by atoms with Gasteiger partial charge >= 0.3 is 6.18 Å². The average molecular weight is 435 g/mol. The van der Waals surface area contributed by atoms with Crippen LogP contribution in [0.5, 0.6) is 5.88 Å². The van der Waals surface area contributed by atoms with Gasteiger partial charge in [-0.15, -0.1) is 0 Å². The van der Waals surface area contributed by atoms with Crippen LogP contribution in [0.25, 0.3) is 10.8 Å². The normalized spacial score (nSPS) is 11.2. The summed E-state index contributed by atoms with van der Waals surface area (Å²) in [7, 11) is 0. The number of hydrazine groups is 1. The monoisotopic (exact) mass is 435 g/mol. The van der Waals surface area contributed by atoms with Crippen molar-refractivity contribution >= 4 is 22.6 Å². The van der Waals surface area contributed by atoms with E-state index in [9.17, 15) is 27.6 Å². The quantitative estimate of drug-likeness (QED) is 0.591. The van der Waals surface area contributed by atoms with Gasteiger partial charge in [-0.05, 0) is 25.1 Å². The number of aryl methyl sites for hydroxylation is 1. The molecule has 0 saturated carbocycles. The van der Waals surface area contributed by atoms with Gasteiger partial charge in [0, 0.05) is 18.1 Å². The van der Waals surface area contributed by atoms with Gasteiger partial charge in [-0.25, -0.2) is 9.67 Å². The second kappa shape index (κ2) is 8.81. The van der Waals surface area contributed by atoms with Crippen LogP contribution in [0.15, 0.2) is 47.4 Å². The minimum absolute atomic E-state index is 0.114. The van der Waals surface area contributed by atoms with Crippen LogP contribution in [0.2, 0.25) is 0 Å². The number of alkyl halides is 3. The van der Waals surface area contributed by atoms with Gasteiger partial charge < -0.3 is 4.74 Å². The number of halogens is 3. The molecule has 0 unspecified atom stereocenters. The lowest BCUT2D eigenvalue weighted by Crippen LogP contribution is -2.43. The fraction of sp³-hybridized carbons (Fsp3) is 0.211. The van der Waals surface area contributed by atoms with Crippen LogP contribution in [0.4, 0.5) is 13.2 Å². The van der Waals surface area contributed by atoms with Gasteiger partial charge in [0.1, 0.15) is 5.56 Å². The first-order chi connectivity index (χ1) is 14.7. The van der Waals surface area contributed by atoms with Gasteiger partial charge in [0.2, 0.25) is 5.88 Å². The third-order valence-electron chi connectivity index (χ3n) is 4.06. The van der Waals surface area contributed by atoms with E-state index in [0.717, 1.165) is 10.9 Å². The molecule has 0 spiro atoms. The Bertz CT molecular complexity index is 1190. The molecule has 0 aliphatic rings. The smallest absolute Gasteiger partial charge is 0.422 e. The molecule has 3 rings (SSSR count). The zero-order valence-corrected chi connectivity index (χ0v) is 16.1. The lowest BCUT2D eigenvalue weighted by molar-refractivity contribution is -0.154. The maximum atomic E-state index is 12.6. The molecule has 2 heterocycles. The number of pyridine rings is 1. The van der Waals surface area contributed by atoms with Gasteiger partial charge in [0.15, 0.2) is 12.3 Å². The number of nitrogens with one attached hydrogen (secondary N) is 2. The number of rotatable bonds is 5. The minimum Gasteiger partial charge on any atom is -0.467 e. The first kappa shape index (κ1) is 21.7. The molecule has 0 aliphatic carbocycles. The largest absolute Gasteiger partial charge is 0.467 e. The number of fused-ring (bicyclic) bond motifs is 1. The van der Waals surface area contributed by atoms with E-state index in [1.54, 1.807) is 25.1 Å². The van der Waals surface area contributed by atoms with Gasteiger partial charge in [0.25, 0.3) is 17.4 Å². The molecule has 0 bridgehead atoms. The summed E-state index contributed by atoms with van der Waals surface area (Å²) in [6, 6.07) is 8.84. The molecule has 2 amide bonds. The first-order valence-electron chi connectivity index (χ1n) is 8.96. The van der Waals surface area contributed by atoms with Crippen molar-refractivity contribution in [3.63, 3.8) is 0 Å². The maximum absolute atomic E-state index is 12.6. The number of hydrogen-bond donors (Lipinski definition) is 2. The highest BCUT2D eigenvalue weighted by Crippen LogP contribution is 2.20. The van der Waals surface area contributed by atoms with Crippen LogP contribution in [-0.4, -0.2) is 39.4 Å². The molecular weight excluding hydrogens is 419 g/mol. The van der Waals surface area contributed by atoms with Crippen molar-refractivity contribution in [1.29, 1.82) is 0 Å². The molecule has 9 nitrogen and oxygen atoms in total. The van der Waals surface area contributed by atoms with E-state index in [-0.39, 0.29) is 34.1 Å². The predicted octanol–water partition coefficient (Wildman–Crippen LogP) is 1.83. The second-order valence-electron chi connectivity index (χ2n) is 6.18. The van der Waals surface area contributed by atoms with Crippen molar-refractivity contribution in [1.82, 2.24) is 25.6 Å². The van der Waals surface area contributed by atoms with E-state index in [0.29, 0.717) is 0 Å². The summed E-state index contributed by atoms with van der Waals surface area (Å²) in [6.07, 6.45) is -3.46. The fourth-order valence-electron chi connectivity index (χ4n) is 2.69. The lowest BCUT2D eigenvalue weighted by Gasteiger charge is -2.13. The zero-order valence-electron chi connectivity index (χ0n) is 16.1. The molecule has 162 valence electrons. The highest BCUT2D eigenvalue weighted by molar-refractivity contribution is 6.06. The summed E-state index contributed by atoms with van der Waals surface area (Å²) in [6.45, 7) is 0.258. The first-order valence-corrected chi connectivity index (χ1v) is 8.96. The van der Waals surface area contributed by atoms with Crippen molar-refractivity contribution in [2.24, 2.45) is 0 Å². The molecule has 12 heteroatoms. The Morgan fingerprint density at radius 1 is 1.06 bits per heavy atom. The van der Waals surface area contributed by atoms with Crippen LogP contribution in [0.1, 0.15) is 27.8 Å². The Morgan fingerprint density at radius 3 is 2.42 bits per heavy atom. The summed E-state index contributed by atoms with van der Waals surface area (Å²) in [5.74, 6) is -2.32. The Balaban J connectivity index is 1.80. The van der Waals surface area contributed by atoms with Gasteiger partial charge in [-0.3, -0.25) is 25.2 Å². The van der Waals surface area contributed by atoms with Crippen LogP contribution in [0, 0.1) is 0 Å². The van der Waals surface area contributed by atoms with Crippen molar-refractivity contribution < 1.29 is 27.5 Å². The molecule has 0 atom stereocenters. The van der Waals surface area contributed by atoms with Crippen molar-refractivity contribution in [2.75, 3.05) is 6.61 Å². The number of ether oxygens (including phenoxy) is 1. The zero-order chi connectivity index (χ0) is 22.6. The summed E-state index contributed by atoms with van der Waals surface area (Å²) in [4.78, 5) is 40.9. The van der Waals surface area contributed by atoms with Crippen LogP contribution in [-0.2, 0) is 6.54 Å². The van der Waals surface area contributed by atoms with E-state index < -0.39 is 30.5 Å². The van der Waals surface area contributed by atoms with E-state index in [1.165, 1.54) is 18.2 Å². The van der Waals surface area contributed by atoms with E-state index in [4.69, 9.17) is 0 Å². The van der Waals surface area contributed by atoms with Crippen LogP contribution in [0.3, 0.4) is 0 Å². The molecule has 0 radical (unpaired) electrons. The Morgan fingerprint density at radius 2 is 1.74 bits per heavy atom. The Hall–Kier alpha value is -3.96. The number of carbonyl (C=O) groups is 2. The van der Waals surface area contributed by atoms with Crippen LogP contribution >= 0.6 is 0 Å². The molecule has 2 aromatic heterocycles. The average Bonchev–Trinajstić information content (AvgIpc) is 2.76. The van der Waals surface area contributed by atoms with Crippen molar-refractivity contribution in [3.8, 4) is 5.88 Å². The number of benzene rings is 1. The topological polar surface area (TPSA) is 115 Å². The molecule has 0 aliphatic heterocycles. The Labute approximate surface area is 172 Å². The Kier molecular flexibility index (Phi) is 6.18. The highest BCUT2D eigenvalue weighted by atomic mass is 19.4. The fourth-order valence-corrected chi connectivity index (χ4v) is 2.69. The third kappa shape index (κ3) is 4.97. The molecule has 2 N–H and O–H groups in total. The highest BCUT2D eigenvalue weighted by Gasteiger charge is 2.29. The number of aromatic nitrogens is 3. The predicted molar refractivity (Wildman–Crippen MR) is 102 cm³/mol. The number of nitrogens with zero attached hydrogens (tertiary/aromatic N) is 3. The van der Waals surface area contributed by atoms with E-state index in [1.807, 2.05) is 0 Å².